The molecular weight excluding hydrogens is 358 g/mol. The zero-order valence-electron chi connectivity index (χ0n) is 12.4. The van der Waals surface area contributed by atoms with E-state index >= 15 is 0 Å². The van der Waals surface area contributed by atoms with Gasteiger partial charge in [0.05, 0.1) is 10.9 Å². The highest BCUT2D eigenvalue weighted by Crippen LogP contribution is 2.44. The summed E-state index contributed by atoms with van der Waals surface area (Å²) in [6, 6.07) is 4.55. The maximum absolute atomic E-state index is 12.8. The number of ether oxygens (including phenoxy) is 1. The first kappa shape index (κ1) is 16.5. The minimum atomic E-state index is -3.60. The lowest BCUT2D eigenvalue weighted by Gasteiger charge is -2.35. The van der Waals surface area contributed by atoms with Crippen LogP contribution in [0.2, 0.25) is 0 Å². The van der Waals surface area contributed by atoms with Gasteiger partial charge < -0.3 is 4.74 Å². The van der Waals surface area contributed by atoms with Crippen molar-refractivity contribution in [3.05, 3.63) is 28.2 Å². The Kier molecular flexibility index (Phi) is 4.21. The number of carbonyl (C=O) groups excluding carboxylic acids is 1. The molecule has 116 valence electrons. The third kappa shape index (κ3) is 3.00. The molecule has 0 bridgehead atoms. The Morgan fingerprint density at radius 2 is 2.00 bits per heavy atom. The topological polar surface area (TPSA) is 63.7 Å². The molecule has 1 heterocycles. The number of hydrogen-bond acceptors (Lipinski definition) is 4. The molecule has 5 nitrogen and oxygen atoms in total. The van der Waals surface area contributed by atoms with Crippen LogP contribution in [0, 0.1) is 0 Å². The van der Waals surface area contributed by atoms with Crippen molar-refractivity contribution in [1.82, 2.24) is 4.31 Å². The summed E-state index contributed by atoms with van der Waals surface area (Å²) >= 11 is 3.36. The van der Waals surface area contributed by atoms with Crippen molar-refractivity contribution in [3.8, 4) is 0 Å². The van der Waals surface area contributed by atoms with Crippen LogP contribution >= 0.6 is 15.9 Å². The SMILES string of the molecule is CC(=O)OCC1c2cc(Br)ccc2S(=O)(=O)N1C(C)(C)C. The minimum absolute atomic E-state index is 0.00921. The van der Waals surface area contributed by atoms with Crippen LogP contribution in [0.1, 0.15) is 39.3 Å². The van der Waals surface area contributed by atoms with Crippen LogP contribution < -0.4 is 0 Å². The van der Waals surface area contributed by atoms with Gasteiger partial charge in [-0.3, -0.25) is 4.79 Å². The van der Waals surface area contributed by atoms with Crippen LogP contribution in [0.3, 0.4) is 0 Å². The molecule has 0 saturated heterocycles. The van der Waals surface area contributed by atoms with Gasteiger partial charge in [-0.15, -0.1) is 0 Å². The molecule has 0 amide bonds. The standard InChI is InChI=1S/C14H18BrNO4S/c1-9(17)20-8-12-11-7-10(15)5-6-13(11)21(18,19)16(12)14(2,3)4/h5-7,12H,8H2,1-4H3. The summed E-state index contributed by atoms with van der Waals surface area (Å²) in [5.41, 5.74) is 0.0374. The Labute approximate surface area is 133 Å². The van der Waals surface area contributed by atoms with Gasteiger partial charge in [0, 0.05) is 16.9 Å². The lowest BCUT2D eigenvalue weighted by Crippen LogP contribution is -2.45. The van der Waals surface area contributed by atoms with Gasteiger partial charge in [-0.1, -0.05) is 15.9 Å². The van der Waals surface area contributed by atoms with Crippen molar-refractivity contribution in [2.75, 3.05) is 6.61 Å². The lowest BCUT2D eigenvalue weighted by atomic mass is 10.0. The monoisotopic (exact) mass is 375 g/mol. The van der Waals surface area contributed by atoms with E-state index in [1.165, 1.54) is 11.2 Å². The highest BCUT2D eigenvalue weighted by molar-refractivity contribution is 9.10. The molecule has 0 N–H and O–H groups in total. The number of nitrogens with zero attached hydrogens (tertiary/aromatic N) is 1. The van der Waals surface area contributed by atoms with Crippen molar-refractivity contribution >= 4 is 31.9 Å². The first-order chi connectivity index (χ1) is 9.55. The summed E-state index contributed by atoms with van der Waals surface area (Å²) in [6.07, 6.45) is 0. The second-order valence-electron chi connectivity index (χ2n) is 5.97. The summed E-state index contributed by atoms with van der Waals surface area (Å²) in [5, 5.41) is 0. The van der Waals surface area contributed by atoms with E-state index < -0.39 is 27.6 Å². The second kappa shape index (κ2) is 5.37. The van der Waals surface area contributed by atoms with E-state index in [0.29, 0.717) is 5.56 Å². The molecule has 0 spiro atoms. The maximum atomic E-state index is 12.8. The molecule has 2 rings (SSSR count). The first-order valence-corrected chi connectivity index (χ1v) is 8.76. The molecule has 7 heteroatoms. The van der Waals surface area contributed by atoms with E-state index in [0.717, 1.165) is 4.47 Å². The number of hydrogen-bond donors (Lipinski definition) is 0. The summed E-state index contributed by atoms with van der Waals surface area (Å²) in [4.78, 5) is 11.4. The molecule has 0 saturated carbocycles. The number of fused-ring (bicyclic) bond motifs is 1. The number of benzene rings is 1. The van der Waals surface area contributed by atoms with E-state index in [-0.39, 0.29) is 11.5 Å². The third-order valence-electron chi connectivity index (χ3n) is 3.26. The Hall–Kier alpha value is -0.920. The fraction of sp³-hybridized carbons (Fsp3) is 0.500. The van der Waals surface area contributed by atoms with Gasteiger partial charge in [-0.2, -0.15) is 4.31 Å². The minimum Gasteiger partial charge on any atom is -0.464 e. The van der Waals surface area contributed by atoms with Crippen LogP contribution in [-0.4, -0.2) is 30.8 Å². The quantitative estimate of drug-likeness (QED) is 0.745. The van der Waals surface area contributed by atoms with Crippen LogP contribution in [0.4, 0.5) is 0 Å². The summed E-state index contributed by atoms with van der Waals surface area (Å²) in [5.74, 6) is -0.426. The highest BCUT2D eigenvalue weighted by atomic mass is 79.9. The summed E-state index contributed by atoms with van der Waals surface area (Å²) < 4.78 is 32.8. The first-order valence-electron chi connectivity index (χ1n) is 6.52. The van der Waals surface area contributed by atoms with Gasteiger partial charge >= 0.3 is 5.97 Å². The van der Waals surface area contributed by atoms with Crippen LogP contribution in [0.15, 0.2) is 27.6 Å². The second-order valence-corrected chi connectivity index (χ2v) is 8.67. The highest BCUT2D eigenvalue weighted by Gasteiger charge is 2.48. The summed E-state index contributed by atoms with van der Waals surface area (Å²) in [6.45, 7) is 6.80. The third-order valence-corrected chi connectivity index (χ3v) is 6.00. The maximum Gasteiger partial charge on any atom is 0.302 e. The van der Waals surface area contributed by atoms with Crippen molar-refractivity contribution in [1.29, 1.82) is 0 Å². The molecule has 1 aliphatic rings. The van der Waals surface area contributed by atoms with Crippen molar-refractivity contribution in [2.45, 2.75) is 44.2 Å². The normalized spacial score (nSPS) is 21.1. The van der Waals surface area contributed by atoms with Gasteiger partial charge in [-0.25, -0.2) is 8.42 Å². The van der Waals surface area contributed by atoms with Gasteiger partial charge in [0.25, 0.3) is 0 Å². The number of rotatable bonds is 2. The van der Waals surface area contributed by atoms with Gasteiger partial charge in [0.15, 0.2) is 0 Å². The van der Waals surface area contributed by atoms with E-state index in [2.05, 4.69) is 15.9 Å². The number of esters is 1. The van der Waals surface area contributed by atoms with E-state index in [1.54, 1.807) is 18.2 Å². The number of sulfonamides is 1. The largest absolute Gasteiger partial charge is 0.464 e. The molecule has 1 unspecified atom stereocenters. The van der Waals surface area contributed by atoms with E-state index in [4.69, 9.17) is 4.74 Å². The molecular formula is C14H18BrNO4S. The fourth-order valence-electron chi connectivity index (χ4n) is 2.60. The molecule has 1 aromatic rings. The van der Waals surface area contributed by atoms with Crippen molar-refractivity contribution in [3.63, 3.8) is 0 Å². The predicted octanol–water partition coefficient (Wildman–Crippen LogP) is 2.86. The molecule has 0 aromatic heterocycles. The molecule has 1 aliphatic heterocycles. The van der Waals surface area contributed by atoms with Crippen LogP contribution in [0.5, 0.6) is 0 Å². The van der Waals surface area contributed by atoms with Gasteiger partial charge in [0.1, 0.15) is 6.61 Å². The Bertz CT molecular complexity index is 679. The Morgan fingerprint density at radius 3 is 2.52 bits per heavy atom. The Morgan fingerprint density at radius 1 is 1.38 bits per heavy atom. The number of halogens is 1. The molecule has 0 radical (unpaired) electrons. The zero-order chi connectivity index (χ0) is 16.0. The van der Waals surface area contributed by atoms with E-state index in [9.17, 15) is 13.2 Å². The van der Waals surface area contributed by atoms with Crippen LogP contribution in [0.25, 0.3) is 0 Å². The number of carbonyl (C=O) groups is 1. The Balaban J connectivity index is 2.58. The summed E-state index contributed by atoms with van der Waals surface area (Å²) in [7, 11) is -3.60. The van der Waals surface area contributed by atoms with Crippen molar-refractivity contribution < 1.29 is 17.9 Å². The predicted molar refractivity (Wildman–Crippen MR) is 82.3 cm³/mol. The van der Waals surface area contributed by atoms with Gasteiger partial charge in [0.2, 0.25) is 10.0 Å². The molecule has 1 aromatic carbocycles. The average molecular weight is 376 g/mol. The fourth-order valence-corrected chi connectivity index (χ4v) is 5.15. The van der Waals surface area contributed by atoms with E-state index in [1.807, 2.05) is 20.8 Å². The van der Waals surface area contributed by atoms with Crippen molar-refractivity contribution in [2.24, 2.45) is 0 Å². The molecule has 0 fully saturated rings. The zero-order valence-corrected chi connectivity index (χ0v) is 14.8. The van der Waals surface area contributed by atoms with Gasteiger partial charge in [-0.05, 0) is 44.5 Å². The molecule has 21 heavy (non-hydrogen) atoms. The molecule has 1 atom stereocenters. The molecule has 0 aliphatic carbocycles. The average Bonchev–Trinajstić information content (AvgIpc) is 2.53. The smallest absolute Gasteiger partial charge is 0.302 e. The lowest BCUT2D eigenvalue weighted by molar-refractivity contribution is -0.142. The van der Waals surface area contributed by atoms with Crippen LogP contribution in [-0.2, 0) is 19.6 Å².